The third-order valence-corrected chi connectivity index (χ3v) is 5.26. The first-order valence-electron chi connectivity index (χ1n) is 9.43. The number of rotatable bonds is 6. The molecule has 0 saturated heterocycles. The molecular weight excluding hydrogens is 298 g/mol. The van der Waals surface area contributed by atoms with Crippen molar-refractivity contribution in [1.82, 2.24) is 14.9 Å². The number of nitrogens with zero attached hydrogens (tertiary/aromatic N) is 2. The van der Waals surface area contributed by atoms with Crippen molar-refractivity contribution in [1.29, 1.82) is 0 Å². The molecule has 1 aromatic carbocycles. The number of carbonyl (C=O) groups excluding carboxylic acids is 1. The van der Waals surface area contributed by atoms with Gasteiger partial charge in [0.25, 0.3) is 0 Å². The molecule has 0 bridgehead atoms. The van der Waals surface area contributed by atoms with E-state index in [9.17, 15) is 4.79 Å². The molecule has 24 heavy (non-hydrogen) atoms. The van der Waals surface area contributed by atoms with E-state index in [1.165, 1.54) is 44.0 Å². The minimum absolute atomic E-state index is 0.0591. The first-order valence-corrected chi connectivity index (χ1v) is 9.43. The molecule has 1 amide bonds. The summed E-state index contributed by atoms with van der Waals surface area (Å²) in [6.07, 6.45) is 8.61. The van der Waals surface area contributed by atoms with Crippen LogP contribution in [0.5, 0.6) is 0 Å². The van der Waals surface area contributed by atoms with E-state index in [4.69, 9.17) is 4.98 Å². The summed E-state index contributed by atoms with van der Waals surface area (Å²) in [5.74, 6) is 1.90. The summed E-state index contributed by atoms with van der Waals surface area (Å²) in [5.41, 5.74) is 2.20. The smallest absolute Gasteiger partial charge is 0.220 e. The Hall–Kier alpha value is -1.84. The Bertz CT molecular complexity index is 685. The summed E-state index contributed by atoms with van der Waals surface area (Å²) in [6, 6.07) is 8.24. The van der Waals surface area contributed by atoms with Crippen molar-refractivity contribution >= 4 is 16.9 Å². The molecule has 1 aliphatic carbocycles. The van der Waals surface area contributed by atoms with Crippen molar-refractivity contribution in [2.45, 2.75) is 71.4 Å². The summed E-state index contributed by atoms with van der Waals surface area (Å²) >= 11 is 0. The Morgan fingerprint density at radius 1 is 1.29 bits per heavy atom. The molecule has 0 aliphatic heterocycles. The highest BCUT2D eigenvalue weighted by molar-refractivity contribution is 5.77. The Balaban J connectivity index is 1.82. The van der Waals surface area contributed by atoms with Crippen LogP contribution in [0.4, 0.5) is 0 Å². The van der Waals surface area contributed by atoms with Crippen molar-refractivity contribution in [2.75, 3.05) is 0 Å². The van der Waals surface area contributed by atoms with Crippen LogP contribution in [0, 0.1) is 5.92 Å². The maximum atomic E-state index is 11.8. The number of nitrogens with one attached hydrogen (secondary N) is 1. The third-order valence-electron chi connectivity index (χ3n) is 5.26. The molecule has 4 heteroatoms. The average Bonchev–Trinajstić information content (AvgIpc) is 2.99. The van der Waals surface area contributed by atoms with Gasteiger partial charge in [-0.15, -0.1) is 0 Å². The predicted molar refractivity (Wildman–Crippen MR) is 97.8 cm³/mol. The van der Waals surface area contributed by atoms with Crippen molar-refractivity contribution in [3.8, 4) is 0 Å². The number of hydrogen-bond donors (Lipinski definition) is 1. The lowest BCUT2D eigenvalue weighted by Crippen LogP contribution is -2.28. The van der Waals surface area contributed by atoms with Crippen LogP contribution < -0.4 is 5.32 Å². The van der Waals surface area contributed by atoms with E-state index in [1.54, 1.807) is 0 Å². The standard InChI is InChI=1S/C20H29N3O/c1-3-19(24)21-15(2)20-22-17-11-7-8-12-18(17)23(20)14-13-16-9-5-4-6-10-16/h7-8,11-12,15-16H,3-6,9-10,13-14H2,1-2H3,(H,21,24). The quantitative estimate of drug-likeness (QED) is 0.843. The van der Waals surface area contributed by atoms with Gasteiger partial charge in [-0.1, -0.05) is 51.2 Å². The first kappa shape index (κ1) is 17.0. The van der Waals surface area contributed by atoms with Crippen LogP contribution in [-0.2, 0) is 11.3 Å². The van der Waals surface area contributed by atoms with Crippen LogP contribution >= 0.6 is 0 Å². The highest BCUT2D eigenvalue weighted by atomic mass is 16.1. The molecule has 1 saturated carbocycles. The zero-order valence-electron chi connectivity index (χ0n) is 14.9. The molecule has 1 atom stereocenters. The summed E-state index contributed by atoms with van der Waals surface area (Å²) in [7, 11) is 0. The van der Waals surface area contributed by atoms with E-state index < -0.39 is 0 Å². The number of para-hydroxylation sites is 2. The van der Waals surface area contributed by atoms with Gasteiger partial charge in [0, 0.05) is 13.0 Å². The first-order chi connectivity index (χ1) is 11.7. The Labute approximate surface area is 144 Å². The van der Waals surface area contributed by atoms with Gasteiger partial charge in [0.1, 0.15) is 5.82 Å². The lowest BCUT2D eigenvalue weighted by atomic mass is 9.87. The summed E-state index contributed by atoms with van der Waals surface area (Å²) in [5, 5.41) is 3.06. The van der Waals surface area contributed by atoms with E-state index in [0.29, 0.717) is 6.42 Å². The second kappa shape index (κ2) is 7.82. The molecule has 1 fully saturated rings. The second-order valence-corrected chi connectivity index (χ2v) is 7.05. The average molecular weight is 327 g/mol. The molecule has 130 valence electrons. The van der Waals surface area contributed by atoms with Crippen LogP contribution in [0.25, 0.3) is 11.0 Å². The van der Waals surface area contributed by atoms with Gasteiger partial charge in [-0.05, 0) is 31.4 Å². The molecule has 1 N–H and O–H groups in total. The molecule has 1 aromatic heterocycles. The summed E-state index contributed by atoms with van der Waals surface area (Å²) in [6.45, 7) is 4.91. The number of imidazole rings is 1. The summed E-state index contributed by atoms with van der Waals surface area (Å²) in [4.78, 5) is 16.6. The maximum Gasteiger partial charge on any atom is 0.220 e. The Kier molecular flexibility index (Phi) is 5.54. The highest BCUT2D eigenvalue weighted by Gasteiger charge is 2.19. The fourth-order valence-electron chi connectivity index (χ4n) is 3.86. The molecule has 1 unspecified atom stereocenters. The van der Waals surface area contributed by atoms with Crippen LogP contribution in [0.15, 0.2) is 24.3 Å². The predicted octanol–water partition coefficient (Wildman–Crippen LogP) is 4.59. The number of benzene rings is 1. The van der Waals surface area contributed by atoms with Crippen molar-refractivity contribution < 1.29 is 4.79 Å². The van der Waals surface area contributed by atoms with Gasteiger partial charge in [-0.2, -0.15) is 0 Å². The monoisotopic (exact) mass is 327 g/mol. The largest absolute Gasteiger partial charge is 0.346 e. The lowest BCUT2D eigenvalue weighted by Gasteiger charge is -2.23. The van der Waals surface area contributed by atoms with Crippen molar-refractivity contribution in [3.05, 3.63) is 30.1 Å². The van der Waals surface area contributed by atoms with E-state index in [-0.39, 0.29) is 11.9 Å². The number of carbonyl (C=O) groups is 1. The maximum absolute atomic E-state index is 11.8. The van der Waals surface area contributed by atoms with Crippen LogP contribution in [0.1, 0.15) is 70.7 Å². The minimum Gasteiger partial charge on any atom is -0.346 e. The Morgan fingerprint density at radius 3 is 2.79 bits per heavy atom. The summed E-state index contributed by atoms with van der Waals surface area (Å²) < 4.78 is 2.32. The molecule has 1 aliphatic rings. The van der Waals surface area contributed by atoms with Gasteiger partial charge in [-0.3, -0.25) is 4.79 Å². The zero-order chi connectivity index (χ0) is 16.9. The molecule has 3 rings (SSSR count). The van der Waals surface area contributed by atoms with Crippen LogP contribution in [0.2, 0.25) is 0 Å². The number of aromatic nitrogens is 2. The van der Waals surface area contributed by atoms with Gasteiger partial charge < -0.3 is 9.88 Å². The topological polar surface area (TPSA) is 46.9 Å². The molecule has 0 radical (unpaired) electrons. The molecule has 2 aromatic rings. The molecule has 0 spiro atoms. The van der Waals surface area contributed by atoms with Crippen LogP contribution in [0.3, 0.4) is 0 Å². The zero-order valence-corrected chi connectivity index (χ0v) is 14.9. The van der Waals surface area contributed by atoms with Gasteiger partial charge in [-0.25, -0.2) is 4.98 Å². The SMILES string of the molecule is CCC(=O)NC(C)c1nc2ccccc2n1CCC1CCCCC1. The number of aryl methyl sites for hydroxylation is 1. The van der Waals surface area contributed by atoms with Crippen molar-refractivity contribution in [3.63, 3.8) is 0 Å². The normalized spacial score (nSPS) is 17.1. The van der Waals surface area contributed by atoms with E-state index in [0.717, 1.165) is 23.8 Å². The fraction of sp³-hybridized carbons (Fsp3) is 0.600. The highest BCUT2D eigenvalue weighted by Crippen LogP contribution is 2.28. The van der Waals surface area contributed by atoms with Crippen molar-refractivity contribution in [2.24, 2.45) is 5.92 Å². The van der Waals surface area contributed by atoms with E-state index in [2.05, 4.69) is 28.1 Å². The fourth-order valence-corrected chi connectivity index (χ4v) is 3.86. The van der Waals surface area contributed by atoms with Gasteiger partial charge >= 0.3 is 0 Å². The second-order valence-electron chi connectivity index (χ2n) is 7.05. The Morgan fingerprint density at radius 2 is 2.04 bits per heavy atom. The van der Waals surface area contributed by atoms with E-state index >= 15 is 0 Å². The third kappa shape index (κ3) is 3.80. The number of hydrogen-bond acceptors (Lipinski definition) is 2. The number of fused-ring (bicyclic) bond motifs is 1. The van der Waals surface area contributed by atoms with Gasteiger partial charge in [0.15, 0.2) is 0 Å². The molecular formula is C20H29N3O. The number of amides is 1. The van der Waals surface area contributed by atoms with E-state index in [1.807, 2.05) is 19.9 Å². The van der Waals surface area contributed by atoms with Gasteiger partial charge in [0.05, 0.1) is 17.1 Å². The molecule has 4 nitrogen and oxygen atoms in total. The van der Waals surface area contributed by atoms with Crippen LogP contribution in [-0.4, -0.2) is 15.5 Å². The minimum atomic E-state index is -0.0591. The molecule has 1 heterocycles. The lowest BCUT2D eigenvalue weighted by molar-refractivity contribution is -0.121. The van der Waals surface area contributed by atoms with Gasteiger partial charge in [0.2, 0.25) is 5.91 Å².